The van der Waals surface area contributed by atoms with E-state index < -0.39 is 6.10 Å². The van der Waals surface area contributed by atoms with Crippen LogP contribution in [0.2, 0.25) is 0 Å². The van der Waals surface area contributed by atoms with Crippen molar-refractivity contribution in [3.05, 3.63) is 0 Å². The van der Waals surface area contributed by atoms with Crippen LogP contribution in [-0.4, -0.2) is 37.2 Å². The minimum Gasteiger partial charge on any atom is -0.462 e. The number of hydrogen-bond acceptors (Lipinski definition) is 6. The number of hydrogen-bond donors (Lipinski definition) is 0. The van der Waals surface area contributed by atoms with Gasteiger partial charge in [-0.2, -0.15) is 0 Å². The zero-order chi connectivity index (χ0) is 49.5. The summed E-state index contributed by atoms with van der Waals surface area (Å²) in [6, 6.07) is 0. The summed E-state index contributed by atoms with van der Waals surface area (Å²) < 4.78 is 16.9. The van der Waals surface area contributed by atoms with Crippen molar-refractivity contribution in [3.63, 3.8) is 0 Å². The fraction of sp³-hybridized carbons (Fsp3) is 0.952. The van der Waals surface area contributed by atoms with Gasteiger partial charge in [0.25, 0.3) is 0 Å². The highest BCUT2D eigenvalue weighted by atomic mass is 16.6. The van der Waals surface area contributed by atoms with E-state index in [1.165, 1.54) is 250 Å². The molecule has 6 heteroatoms. The lowest BCUT2D eigenvalue weighted by atomic mass is 10.0. The fourth-order valence-corrected chi connectivity index (χ4v) is 9.63. The number of carbonyl (C=O) groups excluding carboxylic acids is 3. The lowest BCUT2D eigenvalue weighted by Crippen LogP contribution is -2.30. The third-order valence-electron chi connectivity index (χ3n) is 14.3. The van der Waals surface area contributed by atoms with Gasteiger partial charge in [0, 0.05) is 19.3 Å². The number of unbranched alkanes of at least 4 members (excludes halogenated alkanes) is 44. The molecule has 0 radical (unpaired) electrons. The van der Waals surface area contributed by atoms with Gasteiger partial charge in [0.15, 0.2) is 6.10 Å². The van der Waals surface area contributed by atoms with Crippen LogP contribution in [0.1, 0.15) is 355 Å². The highest BCUT2D eigenvalue weighted by Gasteiger charge is 2.19. The topological polar surface area (TPSA) is 78.9 Å². The predicted octanol–water partition coefficient (Wildman–Crippen LogP) is 20.6. The van der Waals surface area contributed by atoms with Crippen molar-refractivity contribution < 1.29 is 28.6 Å². The molecule has 6 nitrogen and oxygen atoms in total. The molecule has 0 heterocycles. The summed E-state index contributed by atoms with van der Waals surface area (Å²) >= 11 is 0. The molecule has 0 aromatic rings. The highest BCUT2D eigenvalue weighted by Crippen LogP contribution is 2.18. The van der Waals surface area contributed by atoms with Crippen LogP contribution < -0.4 is 0 Å². The Labute approximate surface area is 425 Å². The maximum absolute atomic E-state index is 12.9. The van der Waals surface area contributed by atoms with Gasteiger partial charge in [-0.15, -0.1) is 0 Å². The van der Waals surface area contributed by atoms with Crippen LogP contribution in [0, 0.1) is 5.92 Å². The Bertz CT molecular complexity index is 1030. The number of ether oxygens (including phenoxy) is 3. The van der Waals surface area contributed by atoms with E-state index in [2.05, 4.69) is 27.7 Å². The molecule has 0 fully saturated rings. The molecular formula is C62H120O6. The van der Waals surface area contributed by atoms with E-state index in [1.807, 2.05) is 0 Å². The Morgan fingerprint density at radius 3 is 0.721 bits per heavy atom. The Hall–Kier alpha value is -1.59. The van der Waals surface area contributed by atoms with Gasteiger partial charge in [0.05, 0.1) is 0 Å². The average molecular weight is 962 g/mol. The molecular weight excluding hydrogens is 841 g/mol. The van der Waals surface area contributed by atoms with Crippen LogP contribution in [0.15, 0.2) is 0 Å². The van der Waals surface area contributed by atoms with Crippen molar-refractivity contribution in [2.24, 2.45) is 5.92 Å². The van der Waals surface area contributed by atoms with Gasteiger partial charge in [-0.3, -0.25) is 14.4 Å². The highest BCUT2D eigenvalue weighted by molar-refractivity contribution is 5.71. The third kappa shape index (κ3) is 55.3. The smallest absolute Gasteiger partial charge is 0.306 e. The van der Waals surface area contributed by atoms with E-state index in [4.69, 9.17) is 14.2 Å². The zero-order valence-electron chi connectivity index (χ0n) is 46.6. The van der Waals surface area contributed by atoms with Crippen molar-refractivity contribution >= 4 is 17.9 Å². The summed E-state index contributed by atoms with van der Waals surface area (Å²) in [4.78, 5) is 38.2. The first-order valence-corrected chi connectivity index (χ1v) is 30.9. The van der Waals surface area contributed by atoms with E-state index >= 15 is 0 Å². The van der Waals surface area contributed by atoms with Gasteiger partial charge >= 0.3 is 17.9 Å². The summed E-state index contributed by atoms with van der Waals surface area (Å²) in [6.07, 6.45) is 62.5. The molecule has 0 unspecified atom stereocenters. The SMILES string of the molecule is CCCCCCCCCCCCCCCCCCCCCC(=O)OC[C@H](COC(=O)CCCCCCCCCCCC(C)C)OC(=O)CCCCCCCCCCCCCCCCCCCCC. The second-order valence-electron chi connectivity index (χ2n) is 21.8. The van der Waals surface area contributed by atoms with Gasteiger partial charge in [0.2, 0.25) is 0 Å². The molecule has 404 valence electrons. The van der Waals surface area contributed by atoms with Crippen LogP contribution >= 0.6 is 0 Å². The molecule has 0 aliphatic heterocycles. The van der Waals surface area contributed by atoms with E-state index in [9.17, 15) is 14.4 Å². The molecule has 0 saturated heterocycles. The normalized spacial score (nSPS) is 12.0. The second kappa shape index (κ2) is 56.3. The molecule has 0 aromatic carbocycles. The lowest BCUT2D eigenvalue weighted by molar-refractivity contribution is -0.167. The molecule has 1 atom stereocenters. The van der Waals surface area contributed by atoms with Crippen molar-refractivity contribution in [1.82, 2.24) is 0 Å². The third-order valence-corrected chi connectivity index (χ3v) is 14.3. The van der Waals surface area contributed by atoms with Crippen molar-refractivity contribution in [3.8, 4) is 0 Å². The monoisotopic (exact) mass is 961 g/mol. The molecule has 0 spiro atoms. The first-order chi connectivity index (χ1) is 33.4. The number of carbonyl (C=O) groups is 3. The van der Waals surface area contributed by atoms with Crippen LogP contribution in [0.4, 0.5) is 0 Å². The minimum atomic E-state index is -0.763. The number of esters is 3. The van der Waals surface area contributed by atoms with Gasteiger partial charge in [-0.1, -0.05) is 317 Å². The molecule has 68 heavy (non-hydrogen) atoms. The van der Waals surface area contributed by atoms with Crippen molar-refractivity contribution in [2.75, 3.05) is 13.2 Å². The van der Waals surface area contributed by atoms with Crippen molar-refractivity contribution in [2.45, 2.75) is 361 Å². The number of rotatable bonds is 57. The molecule has 0 N–H and O–H groups in total. The predicted molar refractivity (Wildman–Crippen MR) is 293 cm³/mol. The average Bonchev–Trinajstić information content (AvgIpc) is 3.32. The van der Waals surface area contributed by atoms with Gasteiger partial charge in [-0.25, -0.2) is 0 Å². The molecule has 0 bridgehead atoms. The van der Waals surface area contributed by atoms with E-state index in [-0.39, 0.29) is 31.1 Å². The summed E-state index contributed by atoms with van der Waals surface area (Å²) in [5, 5.41) is 0. The van der Waals surface area contributed by atoms with Crippen LogP contribution in [0.25, 0.3) is 0 Å². The minimum absolute atomic E-state index is 0.0619. The molecule has 0 saturated carbocycles. The van der Waals surface area contributed by atoms with Crippen LogP contribution in [-0.2, 0) is 28.6 Å². The largest absolute Gasteiger partial charge is 0.462 e. The van der Waals surface area contributed by atoms with E-state index in [0.717, 1.165) is 63.7 Å². The summed E-state index contributed by atoms with van der Waals surface area (Å²) in [7, 11) is 0. The Morgan fingerprint density at radius 2 is 0.485 bits per heavy atom. The summed E-state index contributed by atoms with van der Waals surface area (Å²) in [6.45, 7) is 9.05. The lowest BCUT2D eigenvalue weighted by Gasteiger charge is -2.18. The second-order valence-corrected chi connectivity index (χ2v) is 21.8. The molecule has 0 rings (SSSR count). The first kappa shape index (κ1) is 66.4. The van der Waals surface area contributed by atoms with Crippen LogP contribution in [0.5, 0.6) is 0 Å². The fourth-order valence-electron chi connectivity index (χ4n) is 9.63. The van der Waals surface area contributed by atoms with Crippen LogP contribution in [0.3, 0.4) is 0 Å². The van der Waals surface area contributed by atoms with E-state index in [0.29, 0.717) is 19.3 Å². The summed E-state index contributed by atoms with van der Waals surface area (Å²) in [5.74, 6) is -0.0248. The molecule has 0 aliphatic rings. The van der Waals surface area contributed by atoms with Gasteiger partial charge < -0.3 is 14.2 Å². The Kier molecular flexibility index (Phi) is 55.0. The Balaban J connectivity index is 4.25. The molecule has 0 aromatic heterocycles. The standard InChI is InChI=1S/C62H120O6/c1-5-7-9-11-13-15-17-19-21-23-25-27-29-31-33-37-41-45-49-53-60(63)66-56-59(57-67-61(64)54-50-46-42-39-35-36-40-44-48-52-58(3)4)68-62(65)55-51-47-43-38-34-32-30-28-26-24-22-20-18-16-14-12-10-8-6-2/h58-59H,5-57H2,1-4H3/t59-/m1/s1. The summed E-state index contributed by atoms with van der Waals surface area (Å²) in [5.41, 5.74) is 0. The molecule has 0 amide bonds. The van der Waals surface area contributed by atoms with Gasteiger partial charge in [0.1, 0.15) is 13.2 Å². The van der Waals surface area contributed by atoms with E-state index in [1.54, 1.807) is 0 Å². The quantitative estimate of drug-likeness (QED) is 0.0343. The molecule has 0 aliphatic carbocycles. The maximum atomic E-state index is 12.9. The maximum Gasteiger partial charge on any atom is 0.306 e. The first-order valence-electron chi connectivity index (χ1n) is 30.9. The van der Waals surface area contributed by atoms with Crippen molar-refractivity contribution in [1.29, 1.82) is 0 Å². The Morgan fingerprint density at radius 1 is 0.279 bits per heavy atom. The zero-order valence-corrected chi connectivity index (χ0v) is 46.6. The van der Waals surface area contributed by atoms with Gasteiger partial charge in [-0.05, 0) is 25.2 Å².